The van der Waals surface area contributed by atoms with Crippen LogP contribution in [0, 0.1) is 23.7 Å². The number of rotatable bonds is 3. The van der Waals surface area contributed by atoms with Crippen LogP contribution in [0.3, 0.4) is 0 Å². The molecule has 4 nitrogen and oxygen atoms in total. The van der Waals surface area contributed by atoms with Gasteiger partial charge in [0.2, 0.25) is 5.91 Å². The molecule has 1 N–H and O–H groups in total. The van der Waals surface area contributed by atoms with Gasteiger partial charge in [0.25, 0.3) is 0 Å². The van der Waals surface area contributed by atoms with Gasteiger partial charge in [-0.1, -0.05) is 6.07 Å². The molecule has 0 heterocycles. The van der Waals surface area contributed by atoms with E-state index in [-0.39, 0.29) is 5.91 Å². The predicted octanol–water partition coefficient (Wildman–Crippen LogP) is 2.30. The van der Waals surface area contributed by atoms with E-state index in [0.29, 0.717) is 12.8 Å². The molecule has 1 saturated carbocycles. The summed E-state index contributed by atoms with van der Waals surface area (Å²) >= 11 is 0. The Kier molecular flexibility index (Phi) is 3.00. The first-order valence-corrected chi connectivity index (χ1v) is 5.99. The lowest BCUT2D eigenvalue weighted by atomic mass is 10.1. The van der Waals surface area contributed by atoms with Gasteiger partial charge in [0.05, 0.1) is 6.07 Å². The van der Waals surface area contributed by atoms with Crippen LogP contribution in [0.2, 0.25) is 0 Å². The summed E-state index contributed by atoms with van der Waals surface area (Å²) in [6, 6.07) is 7.87. The molecule has 2 rings (SSSR count). The van der Waals surface area contributed by atoms with Gasteiger partial charge in [-0.3, -0.25) is 4.79 Å². The van der Waals surface area contributed by atoms with Crippen molar-refractivity contribution >= 4 is 17.3 Å². The highest BCUT2D eigenvalue weighted by atomic mass is 16.2. The molecule has 1 amide bonds. The second kappa shape index (κ2) is 4.34. The van der Waals surface area contributed by atoms with E-state index >= 15 is 0 Å². The van der Waals surface area contributed by atoms with E-state index in [1.807, 2.05) is 44.1 Å². The summed E-state index contributed by atoms with van der Waals surface area (Å²) in [5.74, 6) is -0.182. The Bertz CT molecular complexity index is 524. The Balaban J connectivity index is 2.18. The van der Waals surface area contributed by atoms with Crippen molar-refractivity contribution in [1.82, 2.24) is 0 Å². The van der Waals surface area contributed by atoms with Crippen LogP contribution in [0.25, 0.3) is 0 Å². The van der Waals surface area contributed by atoms with Gasteiger partial charge in [-0.2, -0.15) is 5.26 Å². The largest absolute Gasteiger partial charge is 0.377 e. The second-order valence-corrected chi connectivity index (χ2v) is 5.04. The van der Waals surface area contributed by atoms with E-state index in [1.54, 1.807) is 0 Å². The summed E-state index contributed by atoms with van der Waals surface area (Å²) in [5, 5.41) is 11.8. The van der Waals surface area contributed by atoms with Crippen LogP contribution in [0.4, 0.5) is 11.4 Å². The number of nitrogens with zero attached hydrogens (tertiary/aromatic N) is 2. The Morgan fingerprint density at radius 2 is 2.11 bits per heavy atom. The molecular formula is C14H17N3O. The molecule has 0 atom stereocenters. The maximum atomic E-state index is 11.9. The van der Waals surface area contributed by atoms with Gasteiger partial charge in [-0.15, -0.1) is 0 Å². The smallest absolute Gasteiger partial charge is 0.244 e. The maximum absolute atomic E-state index is 11.9. The number of nitriles is 1. The Hall–Kier alpha value is -2.02. The molecule has 1 aliphatic carbocycles. The number of nitrogens with one attached hydrogen (secondary N) is 1. The maximum Gasteiger partial charge on any atom is 0.244 e. The zero-order chi connectivity index (χ0) is 13.3. The van der Waals surface area contributed by atoms with Gasteiger partial charge < -0.3 is 10.2 Å². The summed E-state index contributed by atoms with van der Waals surface area (Å²) in [7, 11) is 3.93. The molecule has 4 heteroatoms. The van der Waals surface area contributed by atoms with E-state index < -0.39 is 5.41 Å². The monoisotopic (exact) mass is 243 g/mol. The number of hydrogen-bond donors (Lipinski definition) is 1. The summed E-state index contributed by atoms with van der Waals surface area (Å²) in [6.45, 7) is 2.03. The molecule has 0 saturated heterocycles. The molecule has 0 unspecified atom stereocenters. The molecule has 0 spiro atoms. The van der Waals surface area contributed by atoms with Crippen molar-refractivity contribution in [1.29, 1.82) is 5.26 Å². The van der Waals surface area contributed by atoms with Crippen LogP contribution in [-0.4, -0.2) is 20.0 Å². The van der Waals surface area contributed by atoms with Gasteiger partial charge in [0.1, 0.15) is 5.41 Å². The number of anilines is 2. The van der Waals surface area contributed by atoms with Crippen LogP contribution in [-0.2, 0) is 4.79 Å². The van der Waals surface area contributed by atoms with Gasteiger partial charge in [0.15, 0.2) is 0 Å². The van der Waals surface area contributed by atoms with E-state index in [0.717, 1.165) is 16.9 Å². The molecule has 1 fully saturated rings. The highest BCUT2D eigenvalue weighted by Gasteiger charge is 2.50. The van der Waals surface area contributed by atoms with Crippen molar-refractivity contribution in [2.24, 2.45) is 5.41 Å². The molecule has 0 radical (unpaired) electrons. The molecule has 0 bridgehead atoms. The predicted molar refractivity (Wildman–Crippen MR) is 71.4 cm³/mol. The lowest BCUT2D eigenvalue weighted by Crippen LogP contribution is -2.23. The van der Waals surface area contributed by atoms with Crippen molar-refractivity contribution < 1.29 is 4.79 Å². The minimum Gasteiger partial charge on any atom is -0.377 e. The van der Waals surface area contributed by atoms with Gasteiger partial charge in [-0.25, -0.2) is 0 Å². The van der Waals surface area contributed by atoms with Gasteiger partial charge >= 0.3 is 0 Å². The highest BCUT2D eigenvalue weighted by molar-refractivity contribution is 5.99. The number of benzene rings is 1. The standard InChI is InChI=1S/C14H17N3O/c1-10-4-5-11(8-12(10)17(2)3)16-13(18)14(9-15)6-7-14/h4-5,8H,6-7H2,1-3H3,(H,16,18). The third-order valence-electron chi connectivity index (χ3n) is 3.35. The minimum atomic E-state index is -0.775. The van der Waals surface area contributed by atoms with Crippen molar-refractivity contribution in [3.8, 4) is 6.07 Å². The summed E-state index contributed by atoms with van der Waals surface area (Å²) in [5.41, 5.74) is 2.19. The molecule has 1 aliphatic rings. The van der Waals surface area contributed by atoms with Gasteiger partial charge in [0, 0.05) is 25.5 Å². The molecule has 0 aromatic heterocycles. The fourth-order valence-corrected chi connectivity index (χ4v) is 1.93. The summed E-state index contributed by atoms with van der Waals surface area (Å²) < 4.78 is 0. The van der Waals surface area contributed by atoms with Crippen molar-refractivity contribution in [3.05, 3.63) is 23.8 Å². The Morgan fingerprint density at radius 1 is 1.44 bits per heavy atom. The zero-order valence-corrected chi connectivity index (χ0v) is 10.9. The number of amides is 1. The average molecular weight is 243 g/mol. The summed E-state index contributed by atoms with van der Waals surface area (Å²) in [4.78, 5) is 13.9. The number of carbonyl (C=O) groups excluding carboxylic acids is 1. The van der Waals surface area contributed by atoms with E-state index in [9.17, 15) is 4.79 Å². The lowest BCUT2D eigenvalue weighted by molar-refractivity contribution is -0.119. The Labute approximate surface area is 107 Å². The van der Waals surface area contributed by atoms with Crippen LogP contribution >= 0.6 is 0 Å². The van der Waals surface area contributed by atoms with Crippen LogP contribution in [0.15, 0.2) is 18.2 Å². The molecule has 1 aromatic carbocycles. The number of aryl methyl sites for hydroxylation is 1. The average Bonchev–Trinajstić information content (AvgIpc) is 3.12. The van der Waals surface area contributed by atoms with Gasteiger partial charge in [-0.05, 0) is 37.5 Å². The first kappa shape index (κ1) is 12.4. The third-order valence-corrected chi connectivity index (χ3v) is 3.35. The fraction of sp³-hybridized carbons (Fsp3) is 0.429. The lowest BCUT2D eigenvalue weighted by Gasteiger charge is -2.17. The van der Waals surface area contributed by atoms with E-state index in [2.05, 4.69) is 11.4 Å². The van der Waals surface area contributed by atoms with Crippen LogP contribution < -0.4 is 10.2 Å². The third kappa shape index (κ3) is 2.17. The molecule has 18 heavy (non-hydrogen) atoms. The normalized spacial score (nSPS) is 15.7. The molecule has 94 valence electrons. The number of hydrogen-bond acceptors (Lipinski definition) is 3. The molecule has 1 aromatic rings. The molecular weight excluding hydrogens is 226 g/mol. The topological polar surface area (TPSA) is 56.1 Å². The molecule has 0 aliphatic heterocycles. The highest BCUT2D eigenvalue weighted by Crippen LogP contribution is 2.45. The van der Waals surface area contributed by atoms with Crippen LogP contribution in [0.1, 0.15) is 18.4 Å². The summed E-state index contributed by atoms with van der Waals surface area (Å²) in [6.07, 6.45) is 1.34. The van der Waals surface area contributed by atoms with Crippen LogP contribution in [0.5, 0.6) is 0 Å². The van der Waals surface area contributed by atoms with Crippen molar-refractivity contribution in [3.63, 3.8) is 0 Å². The zero-order valence-electron chi connectivity index (χ0n) is 10.9. The van der Waals surface area contributed by atoms with Crippen molar-refractivity contribution in [2.75, 3.05) is 24.3 Å². The number of carbonyl (C=O) groups is 1. The Morgan fingerprint density at radius 3 is 2.61 bits per heavy atom. The van der Waals surface area contributed by atoms with E-state index in [4.69, 9.17) is 5.26 Å². The first-order valence-electron chi connectivity index (χ1n) is 5.99. The minimum absolute atomic E-state index is 0.182. The van der Waals surface area contributed by atoms with E-state index in [1.165, 1.54) is 0 Å². The quantitative estimate of drug-likeness (QED) is 0.886. The second-order valence-electron chi connectivity index (χ2n) is 5.04. The van der Waals surface area contributed by atoms with Crippen molar-refractivity contribution in [2.45, 2.75) is 19.8 Å². The fourth-order valence-electron chi connectivity index (χ4n) is 1.93. The first-order chi connectivity index (χ1) is 8.48. The SMILES string of the molecule is Cc1ccc(NC(=O)C2(C#N)CC2)cc1N(C)C.